The first kappa shape index (κ1) is 70.9. The van der Waals surface area contributed by atoms with Crippen molar-refractivity contribution in [3.8, 4) is 50.2 Å². The third-order valence-corrected chi connectivity index (χ3v) is 26.0. The Bertz CT molecular complexity index is 7410. The summed E-state index contributed by atoms with van der Waals surface area (Å²) in [6, 6.07) is 169. The number of aromatic nitrogens is 1. The molecule has 1 aromatic heterocycles. The lowest BCUT2D eigenvalue weighted by Gasteiger charge is -2.35. The molecule has 121 heavy (non-hydrogen) atoms. The van der Waals surface area contributed by atoms with Gasteiger partial charge in [0.15, 0.2) is 0 Å². The molecular weight excluding hydrogens is 1460 g/mol. The van der Waals surface area contributed by atoms with Gasteiger partial charge in [-0.15, -0.1) is 0 Å². The maximum atomic E-state index is 2.50. The molecule has 0 radical (unpaired) electrons. The lowest BCUT2D eigenvalue weighted by molar-refractivity contribution is 0.768. The number of fused-ring (bicyclic) bond motifs is 12. The van der Waals surface area contributed by atoms with Gasteiger partial charge >= 0.3 is 0 Å². The molecule has 0 bridgehead atoms. The van der Waals surface area contributed by atoms with Crippen LogP contribution in [-0.2, 0) is 10.8 Å². The molecule has 2 aliphatic carbocycles. The van der Waals surface area contributed by atoms with Gasteiger partial charge in [-0.1, -0.05) is 358 Å². The molecule has 3 nitrogen and oxygen atoms in total. The Morgan fingerprint density at radius 1 is 0.207 bits per heavy atom. The van der Waals surface area contributed by atoms with Crippen LogP contribution in [-0.4, -0.2) is 4.57 Å². The summed E-state index contributed by atoms with van der Waals surface area (Å²) in [4.78, 5) is 5.00. The van der Waals surface area contributed by atoms with Crippen LogP contribution in [0.1, 0.15) is 55.6 Å². The van der Waals surface area contributed by atoms with Crippen molar-refractivity contribution in [3.05, 3.63) is 511 Å². The number of anilines is 6. The van der Waals surface area contributed by atoms with Crippen LogP contribution in [0.3, 0.4) is 0 Å². The number of para-hydroxylation sites is 2. The SMILES string of the molecule is Cc1cccc(N(c2cccc(C3(c4ccccc4)c4ccccc4-c4ccccc43)c2)c2ccc3ccc4c(N(c5cccc(C)c5)c5cccc(C6(c7ccccc7)c7ccccc7-c7ccccc76)c5)ccc5ccc2c3c54)c1.c1ccc(-n2c3ccccc3c3cc(-c4ccc(-c5cc6ccccc6c6ccccc56)cc4)ccc32)cc1. The predicted octanol–water partition coefficient (Wildman–Crippen LogP) is 31.3. The molecule has 568 valence electrons. The minimum Gasteiger partial charge on any atom is -0.310 e. The second-order valence-electron chi connectivity index (χ2n) is 32.6. The standard InChI is InChI=1S/C80H56N2.C38H25N/c1-53-21-17-29-61(49-53)81(63-31-19-27-59(51-63)79(57-23-5-3-6-24-57)71-37-13-9-33-65(71)66-34-10-14-38-72(66)79)75-47-43-55-42-46-70-76(48-44-56-41-45-69(75)77(55)78(56)70)82(62-30-18-22-54(2)50-62)64-32-20-28-60(52-64)80(58-25-7-4-8-26-58)73-39-15-11-35-67(73)68-36-12-16-40-74(68)80;1-2-11-30(12-3-1)39-37-17-9-8-16-34(37)36-24-28(22-23-38(36)39)26-18-20-27(21-19-26)35-25-29-10-4-5-13-31(29)32-14-6-7-15-33(32)35/h3-52H,1-2H3;1-25H. The van der Waals surface area contributed by atoms with Gasteiger partial charge < -0.3 is 14.4 Å². The van der Waals surface area contributed by atoms with Crippen molar-refractivity contribution in [3.63, 3.8) is 0 Å². The Kier molecular flexibility index (Phi) is 16.9. The minimum atomic E-state index is -0.543. The smallest absolute Gasteiger partial charge is 0.0714 e. The summed E-state index contributed by atoms with van der Waals surface area (Å²) in [5.74, 6) is 0. The highest BCUT2D eigenvalue weighted by molar-refractivity contribution is 6.28. The van der Waals surface area contributed by atoms with Crippen LogP contribution >= 0.6 is 0 Å². The van der Waals surface area contributed by atoms with Crippen LogP contribution in [0.2, 0.25) is 0 Å². The fourth-order valence-corrected chi connectivity index (χ4v) is 20.9. The normalized spacial score (nSPS) is 12.8. The van der Waals surface area contributed by atoms with Gasteiger partial charge in [-0.3, -0.25) is 0 Å². The van der Waals surface area contributed by atoms with E-state index in [1.165, 1.54) is 181 Å². The van der Waals surface area contributed by atoms with E-state index in [2.05, 4.69) is 483 Å². The fourth-order valence-electron chi connectivity index (χ4n) is 20.9. The Morgan fingerprint density at radius 3 is 1.09 bits per heavy atom. The Hall–Kier alpha value is -15.4. The van der Waals surface area contributed by atoms with Crippen molar-refractivity contribution in [2.75, 3.05) is 9.80 Å². The number of benzene rings is 21. The third-order valence-electron chi connectivity index (χ3n) is 26.0. The number of aryl methyl sites for hydroxylation is 2. The van der Waals surface area contributed by atoms with Crippen molar-refractivity contribution in [1.29, 1.82) is 0 Å². The zero-order valence-corrected chi connectivity index (χ0v) is 67.1. The highest BCUT2D eigenvalue weighted by Gasteiger charge is 2.48. The summed E-state index contributed by atoms with van der Waals surface area (Å²) in [5.41, 5.74) is 31.9. The molecule has 0 atom stereocenters. The number of rotatable bonds is 13. The first-order valence-electron chi connectivity index (χ1n) is 42.1. The molecule has 3 heteroatoms. The van der Waals surface area contributed by atoms with E-state index in [1.54, 1.807) is 0 Å². The molecule has 1 heterocycles. The van der Waals surface area contributed by atoms with Crippen molar-refractivity contribution >= 4 is 110 Å². The number of nitrogens with zero attached hydrogens (tertiary/aromatic N) is 3. The van der Waals surface area contributed by atoms with Crippen molar-refractivity contribution < 1.29 is 0 Å². The molecule has 2 aliphatic rings. The van der Waals surface area contributed by atoms with Gasteiger partial charge in [-0.2, -0.15) is 0 Å². The van der Waals surface area contributed by atoms with Crippen LogP contribution in [0.5, 0.6) is 0 Å². The zero-order chi connectivity index (χ0) is 80.3. The van der Waals surface area contributed by atoms with Crippen molar-refractivity contribution in [1.82, 2.24) is 4.57 Å². The molecule has 0 N–H and O–H groups in total. The van der Waals surface area contributed by atoms with E-state index in [0.29, 0.717) is 0 Å². The van der Waals surface area contributed by atoms with Crippen LogP contribution in [0, 0.1) is 13.8 Å². The fraction of sp³-hybridized carbons (Fsp3) is 0.0339. The van der Waals surface area contributed by atoms with E-state index in [-0.39, 0.29) is 0 Å². The Morgan fingerprint density at radius 2 is 0.587 bits per heavy atom. The summed E-state index contributed by atoms with van der Waals surface area (Å²) in [6.07, 6.45) is 0. The van der Waals surface area contributed by atoms with E-state index >= 15 is 0 Å². The van der Waals surface area contributed by atoms with E-state index in [9.17, 15) is 0 Å². The Balaban J connectivity index is 0.000000182. The van der Waals surface area contributed by atoms with E-state index < -0.39 is 10.8 Å². The van der Waals surface area contributed by atoms with Crippen LogP contribution < -0.4 is 9.80 Å². The maximum absolute atomic E-state index is 2.50. The molecule has 0 fully saturated rings. The Labute approximate surface area is 704 Å². The molecule has 22 aromatic rings. The van der Waals surface area contributed by atoms with Crippen LogP contribution in [0.4, 0.5) is 34.1 Å². The molecule has 0 saturated carbocycles. The van der Waals surface area contributed by atoms with E-state index in [0.717, 1.165) is 34.1 Å². The number of hydrogen-bond acceptors (Lipinski definition) is 2. The van der Waals surface area contributed by atoms with Gasteiger partial charge in [-0.05, 0) is 254 Å². The molecule has 21 aromatic carbocycles. The highest BCUT2D eigenvalue weighted by atomic mass is 15.2. The average Bonchev–Trinajstić information content (AvgIpc) is 1.55. The highest BCUT2D eigenvalue weighted by Crippen LogP contribution is 2.60. The lowest BCUT2D eigenvalue weighted by atomic mass is 9.67. The molecular formula is C118H81N3. The van der Waals surface area contributed by atoms with Gasteiger partial charge in [0.2, 0.25) is 0 Å². The summed E-state index contributed by atoms with van der Waals surface area (Å²) in [7, 11) is 0. The van der Waals surface area contributed by atoms with Crippen molar-refractivity contribution in [2.24, 2.45) is 0 Å². The molecule has 0 amide bonds. The molecule has 24 rings (SSSR count). The summed E-state index contributed by atoms with van der Waals surface area (Å²) >= 11 is 0. The molecule has 0 saturated heterocycles. The molecule has 0 unspecified atom stereocenters. The third kappa shape index (κ3) is 11.3. The average molecular weight is 1540 g/mol. The van der Waals surface area contributed by atoms with Crippen molar-refractivity contribution in [2.45, 2.75) is 24.7 Å². The van der Waals surface area contributed by atoms with Gasteiger partial charge in [0.1, 0.15) is 0 Å². The topological polar surface area (TPSA) is 11.4 Å². The second kappa shape index (κ2) is 28.7. The maximum Gasteiger partial charge on any atom is 0.0714 e. The van der Waals surface area contributed by atoms with Crippen LogP contribution in [0.15, 0.2) is 455 Å². The number of hydrogen-bond donors (Lipinski definition) is 0. The van der Waals surface area contributed by atoms with Crippen LogP contribution in [0.25, 0.3) is 126 Å². The minimum absolute atomic E-state index is 0.543. The molecule has 0 spiro atoms. The quantitative estimate of drug-likeness (QED) is 0.107. The lowest BCUT2D eigenvalue weighted by Crippen LogP contribution is -2.28. The van der Waals surface area contributed by atoms with E-state index in [4.69, 9.17) is 0 Å². The van der Waals surface area contributed by atoms with E-state index in [1.807, 2.05) is 0 Å². The summed E-state index contributed by atoms with van der Waals surface area (Å²) in [5, 5.41) is 15.0. The predicted molar refractivity (Wildman–Crippen MR) is 510 cm³/mol. The molecule has 0 aliphatic heterocycles. The largest absolute Gasteiger partial charge is 0.310 e. The monoisotopic (exact) mass is 1540 g/mol. The van der Waals surface area contributed by atoms with Gasteiger partial charge in [0.05, 0.1) is 33.2 Å². The second-order valence-corrected chi connectivity index (χ2v) is 32.6. The zero-order valence-electron chi connectivity index (χ0n) is 67.1. The first-order chi connectivity index (χ1) is 59.8. The van der Waals surface area contributed by atoms with Gasteiger partial charge in [0.25, 0.3) is 0 Å². The van der Waals surface area contributed by atoms with Gasteiger partial charge in [-0.25, -0.2) is 0 Å². The first-order valence-corrected chi connectivity index (χ1v) is 42.1. The summed E-state index contributed by atoms with van der Waals surface area (Å²) in [6.45, 7) is 4.40. The van der Waals surface area contributed by atoms with Gasteiger partial charge in [0, 0.05) is 50.0 Å². The summed E-state index contributed by atoms with van der Waals surface area (Å²) < 4.78 is 2.36.